The second-order valence-corrected chi connectivity index (χ2v) is 4.48. The quantitative estimate of drug-likeness (QED) is 0.471. The SMILES string of the molecule is COCC[NH2+]CC(=O)NCCC1=CCCCC1. The van der Waals surface area contributed by atoms with Crippen LogP contribution in [-0.2, 0) is 9.53 Å². The maximum absolute atomic E-state index is 11.4. The molecule has 0 saturated heterocycles. The Balaban J connectivity index is 1.98. The van der Waals surface area contributed by atoms with Gasteiger partial charge in [0, 0.05) is 13.7 Å². The van der Waals surface area contributed by atoms with Crippen LogP contribution in [0.15, 0.2) is 11.6 Å². The zero-order valence-electron chi connectivity index (χ0n) is 10.8. The highest BCUT2D eigenvalue weighted by molar-refractivity contribution is 5.76. The Morgan fingerprint density at radius 1 is 1.53 bits per heavy atom. The lowest BCUT2D eigenvalue weighted by atomic mass is 9.97. The van der Waals surface area contributed by atoms with Crippen LogP contribution in [0.3, 0.4) is 0 Å². The summed E-state index contributed by atoms with van der Waals surface area (Å²) in [6.07, 6.45) is 8.42. The van der Waals surface area contributed by atoms with E-state index in [1.165, 1.54) is 31.3 Å². The number of ether oxygens (including phenoxy) is 1. The van der Waals surface area contributed by atoms with Gasteiger partial charge in [-0.2, -0.15) is 0 Å². The Labute approximate surface area is 104 Å². The maximum atomic E-state index is 11.4. The van der Waals surface area contributed by atoms with Crippen LogP contribution in [0.1, 0.15) is 32.1 Å². The van der Waals surface area contributed by atoms with Crippen molar-refractivity contribution in [3.8, 4) is 0 Å². The molecule has 0 bridgehead atoms. The molecule has 0 aromatic carbocycles. The number of nitrogens with two attached hydrogens (primary N) is 1. The molecule has 0 atom stereocenters. The highest BCUT2D eigenvalue weighted by atomic mass is 16.5. The minimum Gasteiger partial charge on any atom is -0.379 e. The first-order valence-corrected chi connectivity index (χ1v) is 6.58. The molecular weight excluding hydrogens is 216 g/mol. The molecule has 98 valence electrons. The fourth-order valence-electron chi connectivity index (χ4n) is 2.00. The molecule has 1 aliphatic rings. The summed E-state index contributed by atoms with van der Waals surface area (Å²) in [7, 11) is 1.67. The number of amides is 1. The molecule has 0 aromatic heterocycles. The van der Waals surface area contributed by atoms with Crippen molar-refractivity contribution in [2.24, 2.45) is 0 Å². The van der Waals surface area contributed by atoms with Crippen LogP contribution in [0.4, 0.5) is 0 Å². The lowest BCUT2D eigenvalue weighted by Crippen LogP contribution is -2.87. The molecule has 1 amide bonds. The third-order valence-electron chi connectivity index (χ3n) is 3.01. The van der Waals surface area contributed by atoms with Gasteiger partial charge in [-0.1, -0.05) is 11.6 Å². The normalized spacial score (nSPS) is 15.5. The molecule has 4 nitrogen and oxygen atoms in total. The summed E-state index contributed by atoms with van der Waals surface area (Å²) in [5.74, 6) is 0.123. The van der Waals surface area contributed by atoms with Gasteiger partial charge in [-0.05, 0) is 32.1 Å². The van der Waals surface area contributed by atoms with Crippen molar-refractivity contribution in [1.82, 2.24) is 5.32 Å². The summed E-state index contributed by atoms with van der Waals surface area (Å²) in [4.78, 5) is 11.4. The fourth-order valence-corrected chi connectivity index (χ4v) is 2.00. The molecular formula is C13H25N2O2+. The Kier molecular flexibility index (Phi) is 7.67. The number of hydrogen-bond acceptors (Lipinski definition) is 2. The second-order valence-electron chi connectivity index (χ2n) is 4.48. The van der Waals surface area contributed by atoms with Gasteiger partial charge in [0.05, 0.1) is 13.2 Å². The van der Waals surface area contributed by atoms with E-state index in [0.29, 0.717) is 13.2 Å². The predicted octanol–water partition coefficient (Wildman–Crippen LogP) is 0.203. The molecule has 0 radical (unpaired) electrons. The van der Waals surface area contributed by atoms with Crippen LogP contribution in [0.25, 0.3) is 0 Å². The average Bonchev–Trinajstić information content (AvgIpc) is 2.36. The number of quaternary nitrogens is 1. The Bertz CT molecular complexity index is 252. The summed E-state index contributed by atoms with van der Waals surface area (Å²) in [6.45, 7) is 2.82. The van der Waals surface area contributed by atoms with Gasteiger partial charge >= 0.3 is 0 Å². The average molecular weight is 241 g/mol. The summed E-state index contributed by atoms with van der Waals surface area (Å²) >= 11 is 0. The van der Waals surface area contributed by atoms with Crippen LogP contribution in [0.2, 0.25) is 0 Å². The first-order valence-electron chi connectivity index (χ1n) is 6.58. The van der Waals surface area contributed by atoms with Crippen molar-refractivity contribution >= 4 is 5.91 Å². The monoisotopic (exact) mass is 241 g/mol. The molecule has 0 heterocycles. The van der Waals surface area contributed by atoms with E-state index in [2.05, 4.69) is 11.4 Å². The Hall–Kier alpha value is -0.870. The van der Waals surface area contributed by atoms with Crippen LogP contribution in [0.5, 0.6) is 0 Å². The van der Waals surface area contributed by atoms with E-state index in [1.807, 2.05) is 5.32 Å². The molecule has 0 saturated carbocycles. The highest BCUT2D eigenvalue weighted by Crippen LogP contribution is 2.19. The molecule has 0 unspecified atom stereocenters. The lowest BCUT2D eigenvalue weighted by molar-refractivity contribution is -0.645. The van der Waals surface area contributed by atoms with E-state index < -0.39 is 0 Å². The van der Waals surface area contributed by atoms with Gasteiger partial charge in [0.1, 0.15) is 0 Å². The summed E-state index contributed by atoms with van der Waals surface area (Å²) in [6, 6.07) is 0. The van der Waals surface area contributed by atoms with Gasteiger partial charge < -0.3 is 15.4 Å². The number of allylic oxidation sites excluding steroid dienone is 1. The number of carbonyl (C=O) groups excluding carboxylic acids is 1. The van der Waals surface area contributed by atoms with Crippen molar-refractivity contribution in [3.05, 3.63) is 11.6 Å². The highest BCUT2D eigenvalue weighted by Gasteiger charge is 2.05. The summed E-state index contributed by atoms with van der Waals surface area (Å²) in [5, 5.41) is 4.93. The molecule has 17 heavy (non-hydrogen) atoms. The van der Waals surface area contributed by atoms with Crippen molar-refractivity contribution < 1.29 is 14.8 Å². The number of carbonyl (C=O) groups is 1. The number of hydrogen-bond donors (Lipinski definition) is 2. The van der Waals surface area contributed by atoms with Gasteiger partial charge in [-0.3, -0.25) is 4.79 Å². The van der Waals surface area contributed by atoms with E-state index >= 15 is 0 Å². The predicted molar refractivity (Wildman–Crippen MR) is 67.7 cm³/mol. The van der Waals surface area contributed by atoms with E-state index in [-0.39, 0.29) is 5.91 Å². The Morgan fingerprint density at radius 3 is 3.12 bits per heavy atom. The number of rotatable bonds is 8. The number of nitrogens with one attached hydrogen (secondary N) is 1. The van der Waals surface area contributed by atoms with Gasteiger partial charge in [-0.15, -0.1) is 0 Å². The van der Waals surface area contributed by atoms with E-state index in [4.69, 9.17) is 4.74 Å². The molecule has 3 N–H and O–H groups in total. The first kappa shape index (κ1) is 14.2. The van der Waals surface area contributed by atoms with Crippen molar-refractivity contribution in [2.45, 2.75) is 32.1 Å². The first-order chi connectivity index (χ1) is 8.33. The maximum Gasteiger partial charge on any atom is 0.275 e. The molecule has 0 aromatic rings. The van der Waals surface area contributed by atoms with Gasteiger partial charge in [0.2, 0.25) is 0 Å². The minimum absolute atomic E-state index is 0.123. The van der Waals surface area contributed by atoms with Crippen molar-refractivity contribution in [2.75, 3.05) is 33.4 Å². The van der Waals surface area contributed by atoms with Gasteiger partial charge in [0.25, 0.3) is 5.91 Å². The largest absolute Gasteiger partial charge is 0.379 e. The third-order valence-corrected chi connectivity index (χ3v) is 3.01. The zero-order chi connectivity index (χ0) is 12.3. The second kappa shape index (κ2) is 9.19. The zero-order valence-corrected chi connectivity index (χ0v) is 10.8. The van der Waals surface area contributed by atoms with Crippen molar-refractivity contribution in [3.63, 3.8) is 0 Å². The third kappa shape index (κ3) is 7.13. The minimum atomic E-state index is 0.123. The molecule has 1 aliphatic carbocycles. The van der Waals surface area contributed by atoms with Crippen LogP contribution < -0.4 is 10.6 Å². The smallest absolute Gasteiger partial charge is 0.275 e. The molecule has 0 aliphatic heterocycles. The Morgan fingerprint density at radius 2 is 2.41 bits per heavy atom. The summed E-state index contributed by atoms with van der Waals surface area (Å²) in [5.41, 5.74) is 1.51. The van der Waals surface area contributed by atoms with Crippen LogP contribution >= 0.6 is 0 Å². The van der Waals surface area contributed by atoms with Crippen LogP contribution in [0, 0.1) is 0 Å². The molecule has 0 fully saturated rings. The molecule has 1 rings (SSSR count). The van der Waals surface area contributed by atoms with Gasteiger partial charge in [0.15, 0.2) is 6.54 Å². The standard InChI is InChI=1S/C13H24N2O2/c1-17-10-9-14-11-13(16)15-8-7-12-5-3-2-4-6-12/h5,14H,2-4,6-11H2,1H3,(H,15,16)/p+1. The van der Waals surface area contributed by atoms with E-state index in [0.717, 1.165) is 19.5 Å². The molecule has 0 spiro atoms. The molecule has 4 heteroatoms. The van der Waals surface area contributed by atoms with E-state index in [1.54, 1.807) is 7.11 Å². The van der Waals surface area contributed by atoms with Crippen LogP contribution in [-0.4, -0.2) is 39.3 Å². The lowest BCUT2D eigenvalue weighted by Gasteiger charge is -2.12. The van der Waals surface area contributed by atoms with Gasteiger partial charge in [-0.25, -0.2) is 0 Å². The fraction of sp³-hybridized carbons (Fsp3) is 0.769. The van der Waals surface area contributed by atoms with E-state index in [9.17, 15) is 4.79 Å². The number of methoxy groups -OCH3 is 1. The van der Waals surface area contributed by atoms with Crippen molar-refractivity contribution in [1.29, 1.82) is 0 Å². The summed E-state index contributed by atoms with van der Waals surface area (Å²) < 4.78 is 4.91. The topological polar surface area (TPSA) is 54.9 Å².